The van der Waals surface area contributed by atoms with E-state index in [9.17, 15) is 0 Å². The highest BCUT2D eigenvalue weighted by atomic mass is 28.5. The highest BCUT2D eigenvalue weighted by molar-refractivity contribution is 6.94. The summed E-state index contributed by atoms with van der Waals surface area (Å²) in [5.41, 5.74) is 0. The molecule has 0 aromatic heterocycles. The van der Waals surface area contributed by atoms with E-state index >= 15 is 0 Å². The molecule has 0 spiro atoms. The molecule has 24 heavy (non-hydrogen) atoms. The largest absolute Gasteiger partial charge is 0.415 e. The topological polar surface area (TPSA) is 36.9 Å². The zero-order chi connectivity index (χ0) is 18.5. The lowest BCUT2D eigenvalue weighted by molar-refractivity contribution is 0.229. The van der Waals surface area contributed by atoms with Gasteiger partial charge in [0, 0.05) is 24.2 Å². The smallest absolute Gasteiger partial charge is 0.321 e. The van der Waals surface area contributed by atoms with Crippen molar-refractivity contribution in [2.75, 3.05) is 0 Å². The van der Waals surface area contributed by atoms with E-state index in [1.807, 2.05) is 24.3 Å². The van der Waals surface area contributed by atoms with Crippen LogP contribution < -0.4 is 0 Å². The van der Waals surface area contributed by atoms with Gasteiger partial charge in [-0.05, 0) is 26.2 Å². The lowest BCUT2D eigenvalue weighted by atomic mass is 10.8. The molecule has 1 fully saturated rings. The molecule has 0 N–H and O–H groups in total. The van der Waals surface area contributed by atoms with Gasteiger partial charge < -0.3 is 16.5 Å². The molecule has 4 nitrogen and oxygen atoms in total. The number of hydrogen-bond donors (Lipinski definition) is 0. The first kappa shape index (κ1) is 21.7. The summed E-state index contributed by atoms with van der Waals surface area (Å²) in [5, 5.41) is 0. The molecule has 0 bridgehead atoms. The summed E-state index contributed by atoms with van der Waals surface area (Å²) in [5.74, 6) is 0. The normalized spacial score (nSPS) is 40.2. The van der Waals surface area contributed by atoms with Gasteiger partial charge in [-0.3, -0.25) is 0 Å². The van der Waals surface area contributed by atoms with Crippen molar-refractivity contribution < 1.29 is 16.5 Å². The molecule has 1 aliphatic rings. The predicted molar refractivity (Wildman–Crippen MR) is 111 cm³/mol. The van der Waals surface area contributed by atoms with Gasteiger partial charge in [-0.25, -0.2) is 0 Å². The highest BCUT2D eigenvalue weighted by Crippen LogP contribution is 2.37. The van der Waals surface area contributed by atoms with E-state index in [2.05, 4.69) is 52.5 Å². The fourth-order valence-corrected chi connectivity index (χ4v) is 24.8. The van der Waals surface area contributed by atoms with Crippen LogP contribution >= 0.6 is 0 Å². The van der Waals surface area contributed by atoms with Crippen molar-refractivity contribution in [1.29, 1.82) is 0 Å². The van der Waals surface area contributed by atoms with E-state index in [0.717, 1.165) is 0 Å². The van der Waals surface area contributed by atoms with Gasteiger partial charge >= 0.3 is 34.2 Å². The Morgan fingerprint density at radius 1 is 0.500 bits per heavy atom. The first-order valence-electron chi connectivity index (χ1n) is 8.31. The molecule has 1 saturated heterocycles. The summed E-state index contributed by atoms with van der Waals surface area (Å²) in [6.45, 7) is 23.9. The van der Waals surface area contributed by atoms with Crippen LogP contribution in [0.15, 0.2) is 50.6 Å². The quantitative estimate of drug-likeness (QED) is 0.419. The highest BCUT2D eigenvalue weighted by Gasteiger charge is 2.55. The van der Waals surface area contributed by atoms with E-state index in [1.54, 1.807) is 0 Å². The minimum atomic E-state index is -2.49. The van der Waals surface area contributed by atoms with Crippen molar-refractivity contribution in [2.24, 2.45) is 0 Å². The van der Waals surface area contributed by atoms with Crippen LogP contribution in [0.4, 0.5) is 0 Å². The van der Waals surface area contributed by atoms with Crippen LogP contribution in [0.1, 0.15) is 0 Å². The minimum absolute atomic E-state index is 0.707. The molecular weight excluding hydrogens is 369 g/mol. The SMILES string of the molecule is C=CC[Si]1(C)O[Si](C)(CC=C)O[Si](C)(CC=C)O[Si](C)(CC=C)O1. The molecule has 0 aliphatic carbocycles. The molecule has 1 aliphatic heterocycles. The molecule has 136 valence electrons. The standard InChI is InChI=1S/C16H32O4Si4/c1-9-13-21(5)17-22(6,14-10-2)19-24(8,16-12-4)20-23(7,18-21)15-11-3/h9-12H,1-4,13-16H2,5-8H3. The summed E-state index contributed by atoms with van der Waals surface area (Å²) in [6, 6.07) is 2.83. The van der Waals surface area contributed by atoms with E-state index in [-0.39, 0.29) is 0 Å². The van der Waals surface area contributed by atoms with Gasteiger partial charge in [0.15, 0.2) is 0 Å². The molecule has 0 aromatic rings. The first-order valence-corrected chi connectivity index (χ1v) is 18.4. The molecule has 0 aromatic carbocycles. The zero-order valence-electron chi connectivity index (χ0n) is 15.6. The van der Waals surface area contributed by atoms with Crippen LogP contribution in [0.5, 0.6) is 0 Å². The van der Waals surface area contributed by atoms with Crippen molar-refractivity contribution in [1.82, 2.24) is 0 Å². The van der Waals surface area contributed by atoms with Gasteiger partial charge in [-0.1, -0.05) is 24.3 Å². The van der Waals surface area contributed by atoms with Crippen molar-refractivity contribution in [2.45, 2.75) is 50.4 Å². The number of allylic oxidation sites excluding steroid dienone is 4. The van der Waals surface area contributed by atoms with Gasteiger partial charge in [0.05, 0.1) is 0 Å². The fourth-order valence-electron chi connectivity index (χ4n) is 3.29. The van der Waals surface area contributed by atoms with Gasteiger partial charge in [0.2, 0.25) is 0 Å². The Morgan fingerprint density at radius 3 is 0.792 bits per heavy atom. The van der Waals surface area contributed by atoms with Crippen LogP contribution in [-0.2, 0) is 16.5 Å². The summed E-state index contributed by atoms with van der Waals surface area (Å²) >= 11 is 0. The van der Waals surface area contributed by atoms with Crippen LogP contribution in [0.25, 0.3) is 0 Å². The molecule has 0 saturated carbocycles. The summed E-state index contributed by atoms with van der Waals surface area (Å²) < 4.78 is 26.6. The third-order valence-electron chi connectivity index (χ3n) is 3.79. The molecule has 0 unspecified atom stereocenters. The Morgan fingerprint density at radius 2 is 0.667 bits per heavy atom. The third-order valence-corrected chi connectivity index (χ3v) is 21.7. The molecule has 0 atom stereocenters. The van der Waals surface area contributed by atoms with E-state index < -0.39 is 34.2 Å². The maximum atomic E-state index is 6.64. The Labute approximate surface area is 151 Å². The van der Waals surface area contributed by atoms with Crippen molar-refractivity contribution >= 4 is 34.2 Å². The van der Waals surface area contributed by atoms with Crippen molar-refractivity contribution in [3.63, 3.8) is 0 Å². The van der Waals surface area contributed by atoms with E-state index in [0.29, 0.717) is 24.2 Å². The summed E-state index contributed by atoms with van der Waals surface area (Å²) in [7, 11) is -9.97. The average molecular weight is 401 g/mol. The second kappa shape index (κ2) is 8.37. The van der Waals surface area contributed by atoms with Gasteiger partial charge in [-0.15, -0.1) is 26.3 Å². The molecule has 8 heteroatoms. The predicted octanol–water partition coefficient (Wildman–Crippen LogP) is 5.10. The third kappa shape index (κ3) is 5.88. The van der Waals surface area contributed by atoms with Gasteiger partial charge in [0.1, 0.15) is 0 Å². The Balaban J connectivity index is 3.33. The first-order chi connectivity index (χ1) is 11.1. The Hall–Kier alpha value is -0.332. The maximum absolute atomic E-state index is 6.64. The monoisotopic (exact) mass is 400 g/mol. The molecule has 1 heterocycles. The number of hydrogen-bond acceptors (Lipinski definition) is 4. The van der Waals surface area contributed by atoms with Crippen LogP contribution in [0.2, 0.25) is 50.4 Å². The van der Waals surface area contributed by atoms with Crippen LogP contribution in [-0.4, -0.2) is 34.2 Å². The van der Waals surface area contributed by atoms with Gasteiger partial charge in [0.25, 0.3) is 0 Å². The van der Waals surface area contributed by atoms with E-state index in [4.69, 9.17) is 16.5 Å². The molecular formula is C16H32O4Si4. The van der Waals surface area contributed by atoms with Crippen molar-refractivity contribution in [3.05, 3.63) is 50.6 Å². The average Bonchev–Trinajstić information content (AvgIpc) is 2.35. The van der Waals surface area contributed by atoms with E-state index in [1.165, 1.54) is 0 Å². The molecule has 1 rings (SSSR count). The second-order valence-electron chi connectivity index (χ2n) is 6.91. The zero-order valence-corrected chi connectivity index (χ0v) is 19.6. The number of rotatable bonds is 8. The molecule has 0 radical (unpaired) electrons. The van der Waals surface area contributed by atoms with Crippen LogP contribution in [0.3, 0.4) is 0 Å². The maximum Gasteiger partial charge on any atom is 0.321 e. The van der Waals surface area contributed by atoms with Crippen LogP contribution in [0, 0.1) is 0 Å². The van der Waals surface area contributed by atoms with Gasteiger partial charge in [-0.2, -0.15) is 0 Å². The van der Waals surface area contributed by atoms with Crippen molar-refractivity contribution in [3.8, 4) is 0 Å². The Bertz CT molecular complexity index is 398. The summed E-state index contributed by atoms with van der Waals surface area (Å²) in [6.07, 6.45) is 7.50. The second-order valence-corrected chi connectivity index (χ2v) is 20.9. The lowest BCUT2D eigenvalue weighted by Crippen LogP contribution is -2.66. The fraction of sp³-hybridized carbons (Fsp3) is 0.500. The molecule has 0 amide bonds. The minimum Gasteiger partial charge on any atom is -0.415 e. The Kier molecular flexibility index (Phi) is 7.57. The lowest BCUT2D eigenvalue weighted by Gasteiger charge is -2.49. The summed E-state index contributed by atoms with van der Waals surface area (Å²) in [4.78, 5) is 0.